The quantitative estimate of drug-likeness (QED) is 0.423. The van der Waals surface area contributed by atoms with Crippen LogP contribution in [-0.4, -0.2) is 19.8 Å². The zero-order chi connectivity index (χ0) is 19.5. The molecule has 0 atom stereocenters. The maximum atomic E-state index is 14.7. The van der Waals surface area contributed by atoms with Gasteiger partial charge in [0.1, 0.15) is 11.1 Å². The molecule has 0 saturated heterocycles. The minimum absolute atomic E-state index is 0.0314. The summed E-state index contributed by atoms with van der Waals surface area (Å²) in [5.41, 5.74) is -0.640. The standard InChI is InChI=1S/C22H31FO4/c1-3-5-6-8-15-26-19-12-11-17-16-18(10-7-9-14-25-13-4-2)27-22(24)20(17)21(19)23/h11-12,16H,3-10,13-15H2,1-2H3. The molecule has 0 saturated carbocycles. The maximum absolute atomic E-state index is 14.7. The summed E-state index contributed by atoms with van der Waals surface area (Å²) in [7, 11) is 0. The Morgan fingerprint density at radius 1 is 0.963 bits per heavy atom. The molecule has 1 aromatic heterocycles. The molecule has 1 aromatic carbocycles. The number of hydrogen-bond donors (Lipinski definition) is 0. The zero-order valence-electron chi connectivity index (χ0n) is 16.5. The van der Waals surface area contributed by atoms with Crippen LogP contribution in [0, 0.1) is 5.82 Å². The lowest BCUT2D eigenvalue weighted by molar-refractivity contribution is 0.131. The molecule has 1 heterocycles. The summed E-state index contributed by atoms with van der Waals surface area (Å²) in [4.78, 5) is 12.3. The zero-order valence-corrected chi connectivity index (χ0v) is 16.5. The summed E-state index contributed by atoms with van der Waals surface area (Å²) in [5, 5.41) is 0.524. The third-order valence-electron chi connectivity index (χ3n) is 4.45. The normalized spacial score (nSPS) is 11.2. The van der Waals surface area contributed by atoms with Gasteiger partial charge in [0.25, 0.3) is 0 Å². The second-order valence-corrected chi connectivity index (χ2v) is 6.82. The van der Waals surface area contributed by atoms with E-state index in [0.717, 1.165) is 51.6 Å². The molecule has 5 heteroatoms. The van der Waals surface area contributed by atoms with Crippen LogP contribution in [0.4, 0.5) is 4.39 Å². The number of fused-ring (bicyclic) bond motifs is 1. The highest BCUT2D eigenvalue weighted by molar-refractivity contribution is 5.83. The van der Waals surface area contributed by atoms with E-state index >= 15 is 0 Å². The lowest BCUT2D eigenvalue weighted by Gasteiger charge is -2.09. The van der Waals surface area contributed by atoms with Crippen molar-refractivity contribution in [2.24, 2.45) is 0 Å². The number of hydrogen-bond acceptors (Lipinski definition) is 4. The first-order valence-electron chi connectivity index (χ1n) is 10.1. The summed E-state index contributed by atoms with van der Waals surface area (Å²) in [5.74, 6) is 0.0685. The van der Waals surface area contributed by atoms with Gasteiger partial charge in [-0.25, -0.2) is 9.18 Å². The van der Waals surface area contributed by atoms with E-state index in [4.69, 9.17) is 13.9 Å². The molecule has 0 aliphatic rings. The Hall–Kier alpha value is -1.88. The number of unbranched alkanes of at least 4 members (excludes halogenated alkanes) is 4. The van der Waals surface area contributed by atoms with Crippen LogP contribution in [0.5, 0.6) is 5.75 Å². The van der Waals surface area contributed by atoms with E-state index in [0.29, 0.717) is 30.8 Å². The van der Waals surface area contributed by atoms with Gasteiger partial charge in [0.2, 0.25) is 0 Å². The summed E-state index contributed by atoms with van der Waals surface area (Å²) in [6.45, 7) is 6.14. The highest BCUT2D eigenvalue weighted by Crippen LogP contribution is 2.25. The molecule has 0 bridgehead atoms. The number of aryl methyl sites for hydroxylation is 1. The van der Waals surface area contributed by atoms with Crippen LogP contribution < -0.4 is 10.4 Å². The van der Waals surface area contributed by atoms with Gasteiger partial charge in [0.15, 0.2) is 11.6 Å². The Balaban J connectivity index is 1.99. The van der Waals surface area contributed by atoms with Crippen molar-refractivity contribution >= 4 is 10.8 Å². The highest BCUT2D eigenvalue weighted by Gasteiger charge is 2.14. The van der Waals surface area contributed by atoms with Crippen LogP contribution in [0.15, 0.2) is 27.4 Å². The van der Waals surface area contributed by atoms with Gasteiger partial charge in [-0.3, -0.25) is 0 Å². The molecule has 0 spiro atoms. The van der Waals surface area contributed by atoms with Crippen molar-refractivity contribution in [1.29, 1.82) is 0 Å². The van der Waals surface area contributed by atoms with Gasteiger partial charge in [-0.15, -0.1) is 0 Å². The average Bonchev–Trinajstić information content (AvgIpc) is 2.65. The van der Waals surface area contributed by atoms with Crippen molar-refractivity contribution < 1.29 is 18.3 Å². The fraction of sp³-hybridized carbons (Fsp3) is 0.591. The van der Waals surface area contributed by atoms with Gasteiger partial charge >= 0.3 is 5.63 Å². The second-order valence-electron chi connectivity index (χ2n) is 6.82. The lowest BCUT2D eigenvalue weighted by atomic mass is 10.1. The van der Waals surface area contributed by atoms with E-state index in [1.807, 2.05) is 0 Å². The molecular formula is C22H31FO4. The van der Waals surface area contributed by atoms with Gasteiger partial charge in [-0.05, 0) is 43.2 Å². The van der Waals surface area contributed by atoms with E-state index in [1.165, 1.54) is 0 Å². The van der Waals surface area contributed by atoms with Crippen LogP contribution >= 0.6 is 0 Å². The number of ether oxygens (including phenoxy) is 2. The van der Waals surface area contributed by atoms with Gasteiger partial charge in [-0.2, -0.15) is 0 Å². The van der Waals surface area contributed by atoms with Crippen LogP contribution in [-0.2, 0) is 11.2 Å². The third-order valence-corrected chi connectivity index (χ3v) is 4.45. The van der Waals surface area contributed by atoms with Crippen molar-refractivity contribution in [1.82, 2.24) is 0 Å². The van der Waals surface area contributed by atoms with Gasteiger partial charge in [0.05, 0.1) is 6.61 Å². The van der Waals surface area contributed by atoms with E-state index in [1.54, 1.807) is 18.2 Å². The van der Waals surface area contributed by atoms with Gasteiger partial charge < -0.3 is 13.9 Å². The van der Waals surface area contributed by atoms with Crippen molar-refractivity contribution in [3.05, 3.63) is 40.2 Å². The molecule has 2 aromatic rings. The van der Waals surface area contributed by atoms with Crippen LogP contribution in [0.3, 0.4) is 0 Å². The number of halogens is 1. The fourth-order valence-electron chi connectivity index (χ4n) is 2.97. The minimum Gasteiger partial charge on any atom is -0.490 e. The molecule has 0 radical (unpaired) electrons. The van der Waals surface area contributed by atoms with E-state index in [9.17, 15) is 9.18 Å². The molecule has 0 aliphatic carbocycles. The maximum Gasteiger partial charge on any atom is 0.346 e. The Kier molecular flexibility index (Phi) is 9.32. The Morgan fingerprint density at radius 3 is 2.56 bits per heavy atom. The molecule has 27 heavy (non-hydrogen) atoms. The first-order valence-corrected chi connectivity index (χ1v) is 10.1. The van der Waals surface area contributed by atoms with Crippen molar-refractivity contribution in [3.8, 4) is 5.75 Å². The Labute approximate surface area is 160 Å². The number of rotatable bonds is 13. The molecule has 4 nitrogen and oxygen atoms in total. The largest absolute Gasteiger partial charge is 0.490 e. The molecule has 2 rings (SSSR count). The molecule has 0 aliphatic heterocycles. The first kappa shape index (κ1) is 21.4. The molecule has 0 N–H and O–H groups in total. The van der Waals surface area contributed by atoms with Gasteiger partial charge in [-0.1, -0.05) is 39.2 Å². The summed E-state index contributed by atoms with van der Waals surface area (Å²) in [6, 6.07) is 5.07. The summed E-state index contributed by atoms with van der Waals surface area (Å²) in [6.07, 6.45) is 7.62. The fourth-order valence-corrected chi connectivity index (χ4v) is 2.97. The molecular weight excluding hydrogens is 347 g/mol. The Morgan fingerprint density at radius 2 is 1.78 bits per heavy atom. The molecule has 0 unspecified atom stereocenters. The molecule has 0 amide bonds. The van der Waals surface area contributed by atoms with E-state index < -0.39 is 11.4 Å². The average molecular weight is 378 g/mol. The predicted octanol–water partition coefficient (Wildman–Crippen LogP) is 5.64. The third kappa shape index (κ3) is 6.65. The Bertz CT molecular complexity index is 754. The summed E-state index contributed by atoms with van der Waals surface area (Å²) < 4.78 is 30.9. The van der Waals surface area contributed by atoms with E-state index in [-0.39, 0.29) is 11.1 Å². The van der Waals surface area contributed by atoms with Crippen molar-refractivity contribution in [2.45, 2.75) is 65.2 Å². The van der Waals surface area contributed by atoms with Crippen molar-refractivity contribution in [3.63, 3.8) is 0 Å². The van der Waals surface area contributed by atoms with E-state index in [2.05, 4.69) is 13.8 Å². The summed E-state index contributed by atoms with van der Waals surface area (Å²) >= 11 is 0. The minimum atomic E-state index is -0.640. The first-order chi connectivity index (χ1) is 13.2. The second kappa shape index (κ2) is 11.8. The highest BCUT2D eigenvalue weighted by atomic mass is 19.1. The predicted molar refractivity (Wildman–Crippen MR) is 106 cm³/mol. The smallest absolute Gasteiger partial charge is 0.346 e. The SMILES string of the molecule is CCCCCCOc1ccc2cc(CCCCOCCC)oc(=O)c2c1F. The topological polar surface area (TPSA) is 48.7 Å². The monoisotopic (exact) mass is 378 g/mol. The van der Waals surface area contributed by atoms with Gasteiger partial charge in [0, 0.05) is 19.6 Å². The van der Waals surface area contributed by atoms with Crippen LogP contribution in [0.2, 0.25) is 0 Å². The molecule has 0 fully saturated rings. The van der Waals surface area contributed by atoms with Crippen molar-refractivity contribution in [2.75, 3.05) is 19.8 Å². The van der Waals surface area contributed by atoms with Crippen LogP contribution in [0.1, 0.15) is 64.6 Å². The molecule has 150 valence electrons. The number of benzene rings is 1. The van der Waals surface area contributed by atoms with Crippen LogP contribution in [0.25, 0.3) is 10.8 Å². The lowest BCUT2D eigenvalue weighted by Crippen LogP contribution is -2.07.